The fraction of sp³-hybridized carbons (Fsp3) is 0.818. The van der Waals surface area contributed by atoms with Crippen molar-refractivity contribution in [2.24, 2.45) is 0 Å². The van der Waals surface area contributed by atoms with Gasteiger partial charge < -0.3 is 9.84 Å². The van der Waals surface area contributed by atoms with Gasteiger partial charge in [-0.2, -0.15) is 0 Å². The SMILES string of the molecule is CC/C=C\C/C=C\C/C=C\CCCCCCCCCC(=O)OC(CCCCCCCCCCCCCCCCCCC)CCCC(=O)O. The minimum absolute atomic E-state index is 0.0960. The molecule has 0 fully saturated rings. The lowest BCUT2D eigenvalue weighted by Gasteiger charge is -2.18. The Morgan fingerprint density at radius 2 is 0.896 bits per heavy atom. The number of carboxylic acids is 1. The van der Waals surface area contributed by atoms with Crippen LogP contribution in [0.2, 0.25) is 0 Å². The second kappa shape index (κ2) is 39.6. The molecule has 1 atom stereocenters. The number of unbranched alkanes of at least 4 members (excludes halogenated alkanes) is 23. The summed E-state index contributed by atoms with van der Waals surface area (Å²) in [6.45, 7) is 4.45. The molecule has 0 radical (unpaired) electrons. The van der Waals surface area contributed by atoms with Crippen molar-refractivity contribution < 1.29 is 19.4 Å². The number of ether oxygens (including phenoxy) is 1. The third-order valence-corrected chi connectivity index (χ3v) is 9.38. The van der Waals surface area contributed by atoms with Crippen LogP contribution in [0.3, 0.4) is 0 Å². The van der Waals surface area contributed by atoms with E-state index >= 15 is 0 Å². The van der Waals surface area contributed by atoms with Gasteiger partial charge in [0, 0.05) is 12.8 Å². The van der Waals surface area contributed by atoms with Gasteiger partial charge in [0.15, 0.2) is 0 Å². The van der Waals surface area contributed by atoms with Crippen LogP contribution in [0.5, 0.6) is 0 Å². The van der Waals surface area contributed by atoms with Crippen LogP contribution in [-0.2, 0) is 14.3 Å². The molecule has 0 aromatic carbocycles. The van der Waals surface area contributed by atoms with Gasteiger partial charge in [-0.25, -0.2) is 0 Å². The number of hydrogen-bond donors (Lipinski definition) is 1. The fourth-order valence-electron chi connectivity index (χ4n) is 6.33. The summed E-state index contributed by atoms with van der Waals surface area (Å²) >= 11 is 0. The Kier molecular flexibility index (Phi) is 38.1. The minimum atomic E-state index is -0.770. The molecule has 0 aliphatic heterocycles. The van der Waals surface area contributed by atoms with E-state index in [-0.39, 0.29) is 18.5 Å². The molecule has 0 aliphatic rings. The number of rotatable bonds is 38. The molecule has 1 unspecified atom stereocenters. The predicted octanol–water partition coefficient (Wildman–Crippen LogP) is 14.6. The molecule has 48 heavy (non-hydrogen) atoms. The summed E-state index contributed by atoms with van der Waals surface area (Å²) in [6, 6.07) is 0. The quantitative estimate of drug-likeness (QED) is 0.0403. The molecule has 280 valence electrons. The maximum absolute atomic E-state index is 12.5. The summed E-state index contributed by atoms with van der Waals surface area (Å²) in [5.74, 6) is -0.866. The zero-order chi connectivity index (χ0) is 35.0. The second-order valence-electron chi connectivity index (χ2n) is 14.2. The van der Waals surface area contributed by atoms with Crippen LogP contribution < -0.4 is 0 Å². The third kappa shape index (κ3) is 38.6. The number of carboxylic acid groups (broad SMARTS) is 1. The smallest absolute Gasteiger partial charge is 0.306 e. The normalized spacial score (nSPS) is 12.5. The van der Waals surface area contributed by atoms with Gasteiger partial charge in [-0.15, -0.1) is 0 Å². The molecule has 0 rings (SSSR count). The number of hydrogen-bond acceptors (Lipinski definition) is 3. The first-order valence-corrected chi connectivity index (χ1v) is 21.0. The Bertz CT molecular complexity index is 768. The second-order valence-corrected chi connectivity index (χ2v) is 14.2. The zero-order valence-electron chi connectivity index (χ0n) is 32.0. The number of allylic oxidation sites excluding steroid dienone is 6. The molecular formula is C44H80O4. The number of esters is 1. The largest absolute Gasteiger partial charge is 0.481 e. The molecular weight excluding hydrogens is 592 g/mol. The molecule has 0 amide bonds. The van der Waals surface area contributed by atoms with Gasteiger partial charge in [0.25, 0.3) is 0 Å². The summed E-state index contributed by atoms with van der Waals surface area (Å²) < 4.78 is 5.84. The highest BCUT2D eigenvalue weighted by Crippen LogP contribution is 2.18. The third-order valence-electron chi connectivity index (χ3n) is 9.38. The van der Waals surface area contributed by atoms with E-state index in [1.54, 1.807) is 0 Å². The minimum Gasteiger partial charge on any atom is -0.481 e. The highest BCUT2D eigenvalue weighted by molar-refractivity contribution is 5.69. The average Bonchev–Trinajstić information content (AvgIpc) is 3.07. The van der Waals surface area contributed by atoms with E-state index in [0.29, 0.717) is 19.3 Å². The van der Waals surface area contributed by atoms with Crippen LogP contribution in [0, 0.1) is 0 Å². The standard InChI is InChI=1S/C44H80O4/c1-3-5-7-9-11-13-15-17-19-21-23-25-27-29-31-33-35-38-42(39-37-40-43(45)46)48-44(47)41-36-34-32-30-28-26-24-22-20-18-16-14-12-10-8-6-4-2/h6,8,12,14,18,20,42H,3-5,7,9-11,13,15-17,19,21-41H2,1-2H3,(H,45,46)/b8-6-,14-12-,20-18-. The topological polar surface area (TPSA) is 63.6 Å². The molecule has 0 bridgehead atoms. The van der Waals surface area contributed by atoms with Gasteiger partial charge in [0.05, 0.1) is 0 Å². The summed E-state index contributed by atoms with van der Waals surface area (Å²) in [5, 5.41) is 9.04. The maximum Gasteiger partial charge on any atom is 0.306 e. The molecule has 0 saturated heterocycles. The van der Waals surface area contributed by atoms with Crippen LogP contribution >= 0.6 is 0 Å². The Labute approximate surface area is 299 Å². The summed E-state index contributed by atoms with van der Waals surface area (Å²) in [5.41, 5.74) is 0. The van der Waals surface area contributed by atoms with Gasteiger partial charge in [-0.1, -0.05) is 185 Å². The van der Waals surface area contributed by atoms with Gasteiger partial charge in [0.1, 0.15) is 6.10 Å². The van der Waals surface area contributed by atoms with E-state index < -0.39 is 5.97 Å². The van der Waals surface area contributed by atoms with Crippen molar-refractivity contribution in [1.82, 2.24) is 0 Å². The first-order chi connectivity index (χ1) is 23.6. The van der Waals surface area contributed by atoms with Crippen molar-refractivity contribution in [1.29, 1.82) is 0 Å². The van der Waals surface area contributed by atoms with Crippen LogP contribution in [-0.4, -0.2) is 23.1 Å². The van der Waals surface area contributed by atoms with Crippen LogP contribution in [0.1, 0.15) is 226 Å². The maximum atomic E-state index is 12.5. The fourth-order valence-corrected chi connectivity index (χ4v) is 6.33. The molecule has 4 nitrogen and oxygen atoms in total. The highest BCUT2D eigenvalue weighted by atomic mass is 16.5. The number of carbonyl (C=O) groups is 2. The first kappa shape index (κ1) is 46.2. The molecule has 4 heteroatoms. The van der Waals surface area contributed by atoms with E-state index in [1.807, 2.05) is 0 Å². The van der Waals surface area contributed by atoms with E-state index in [1.165, 1.54) is 141 Å². The molecule has 0 saturated carbocycles. The van der Waals surface area contributed by atoms with Crippen LogP contribution in [0.4, 0.5) is 0 Å². The van der Waals surface area contributed by atoms with Crippen LogP contribution in [0.15, 0.2) is 36.5 Å². The van der Waals surface area contributed by atoms with E-state index in [4.69, 9.17) is 9.84 Å². The van der Waals surface area contributed by atoms with Gasteiger partial charge in [-0.05, 0) is 64.2 Å². The Balaban J connectivity index is 3.79. The van der Waals surface area contributed by atoms with Crippen molar-refractivity contribution in [2.45, 2.75) is 232 Å². The molecule has 0 spiro atoms. The highest BCUT2D eigenvalue weighted by Gasteiger charge is 2.15. The Hall–Kier alpha value is -1.84. The molecule has 0 heterocycles. The molecule has 0 aromatic heterocycles. The van der Waals surface area contributed by atoms with Crippen molar-refractivity contribution in [3.63, 3.8) is 0 Å². The lowest BCUT2D eigenvalue weighted by atomic mass is 10.0. The van der Waals surface area contributed by atoms with E-state index in [0.717, 1.165) is 44.9 Å². The zero-order valence-corrected chi connectivity index (χ0v) is 32.0. The number of carbonyl (C=O) groups excluding carboxylic acids is 1. The van der Waals surface area contributed by atoms with Gasteiger partial charge in [-0.3, -0.25) is 9.59 Å². The van der Waals surface area contributed by atoms with Gasteiger partial charge in [0.2, 0.25) is 0 Å². The Morgan fingerprint density at radius 1 is 0.479 bits per heavy atom. The average molecular weight is 673 g/mol. The first-order valence-electron chi connectivity index (χ1n) is 21.0. The Morgan fingerprint density at radius 3 is 1.40 bits per heavy atom. The molecule has 0 aromatic rings. The van der Waals surface area contributed by atoms with Crippen molar-refractivity contribution in [3.05, 3.63) is 36.5 Å². The van der Waals surface area contributed by atoms with Crippen molar-refractivity contribution in [2.75, 3.05) is 0 Å². The molecule has 1 N–H and O–H groups in total. The van der Waals surface area contributed by atoms with Gasteiger partial charge >= 0.3 is 11.9 Å². The van der Waals surface area contributed by atoms with E-state index in [2.05, 4.69) is 50.3 Å². The monoisotopic (exact) mass is 673 g/mol. The lowest BCUT2D eigenvalue weighted by Crippen LogP contribution is -2.18. The summed E-state index contributed by atoms with van der Waals surface area (Å²) in [4.78, 5) is 23.5. The lowest BCUT2D eigenvalue weighted by molar-refractivity contribution is -0.150. The summed E-state index contributed by atoms with van der Waals surface area (Å²) in [6.07, 6.45) is 51.7. The van der Waals surface area contributed by atoms with Crippen molar-refractivity contribution >= 4 is 11.9 Å². The van der Waals surface area contributed by atoms with E-state index in [9.17, 15) is 9.59 Å². The predicted molar refractivity (Wildman–Crippen MR) is 209 cm³/mol. The van der Waals surface area contributed by atoms with Crippen molar-refractivity contribution in [3.8, 4) is 0 Å². The molecule has 0 aliphatic carbocycles. The summed E-state index contributed by atoms with van der Waals surface area (Å²) in [7, 11) is 0. The number of aliphatic carboxylic acids is 1. The van der Waals surface area contributed by atoms with Crippen LogP contribution in [0.25, 0.3) is 0 Å².